The predicted molar refractivity (Wildman–Crippen MR) is 232 cm³/mol. The molecule has 0 N–H and O–H groups in total. The minimum absolute atomic E-state index is 0.645. The molecule has 0 radical (unpaired) electrons. The largest absolute Gasteiger partial charge is 0.309 e. The topological polar surface area (TPSA) is 35.6 Å². The number of rotatable bonds is 6. The summed E-state index contributed by atoms with van der Waals surface area (Å²) in [4.78, 5) is 10.1. The Hall–Kier alpha value is -7.56. The van der Waals surface area contributed by atoms with Crippen LogP contribution in [0.1, 0.15) is 0 Å². The van der Waals surface area contributed by atoms with Crippen molar-refractivity contribution in [2.45, 2.75) is 0 Å². The van der Waals surface area contributed by atoms with Crippen LogP contribution in [0.25, 0.3) is 99.9 Å². The van der Waals surface area contributed by atoms with E-state index < -0.39 is 0 Å². The molecule has 4 nitrogen and oxygen atoms in total. The second-order valence-electron chi connectivity index (χ2n) is 14.3. The lowest BCUT2D eigenvalue weighted by molar-refractivity contribution is 0.992. The Kier molecular flexibility index (Phi) is 7.46. The van der Waals surface area contributed by atoms with Crippen LogP contribution in [0.4, 0.5) is 0 Å². The molecular formula is C52H34N4. The molecule has 0 aliphatic carbocycles. The zero-order chi connectivity index (χ0) is 37.0. The number of nitrogens with zero attached hydrogens (tertiary/aromatic N) is 4. The summed E-state index contributed by atoms with van der Waals surface area (Å²) in [6.45, 7) is 0. The number of fused-ring (bicyclic) bond motifs is 6. The van der Waals surface area contributed by atoms with Crippen molar-refractivity contribution in [2.24, 2.45) is 0 Å². The quantitative estimate of drug-likeness (QED) is 0.172. The van der Waals surface area contributed by atoms with Crippen LogP contribution >= 0.6 is 0 Å². The van der Waals surface area contributed by atoms with E-state index in [1.165, 1.54) is 54.8 Å². The van der Waals surface area contributed by atoms with Crippen molar-refractivity contribution >= 4 is 43.6 Å². The minimum atomic E-state index is 0.645. The van der Waals surface area contributed by atoms with Crippen LogP contribution in [0.5, 0.6) is 0 Å². The average molecular weight is 715 g/mol. The summed E-state index contributed by atoms with van der Waals surface area (Å²) < 4.78 is 4.57. The summed E-state index contributed by atoms with van der Waals surface area (Å²) in [7, 11) is 0. The van der Waals surface area contributed by atoms with E-state index in [1.807, 2.05) is 12.3 Å². The lowest BCUT2D eigenvalue weighted by Gasteiger charge is -2.10. The molecule has 0 spiro atoms. The summed E-state index contributed by atoms with van der Waals surface area (Å²) in [5.41, 5.74) is 14.7. The maximum Gasteiger partial charge on any atom is 0.235 e. The van der Waals surface area contributed by atoms with Crippen molar-refractivity contribution in [3.63, 3.8) is 0 Å². The van der Waals surface area contributed by atoms with Gasteiger partial charge in [0.25, 0.3) is 0 Å². The maximum atomic E-state index is 5.20. The van der Waals surface area contributed by atoms with Gasteiger partial charge in [0.2, 0.25) is 5.95 Å². The molecule has 262 valence electrons. The predicted octanol–water partition coefficient (Wildman–Crippen LogP) is 13.3. The molecule has 0 amide bonds. The zero-order valence-corrected chi connectivity index (χ0v) is 30.4. The van der Waals surface area contributed by atoms with E-state index in [-0.39, 0.29) is 0 Å². The van der Waals surface area contributed by atoms with Crippen LogP contribution in [0.3, 0.4) is 0 Å². The second kappa shape index (κ2) is 13.1. The van der Waals surface area contributed by atoms with Gasteiger partial charge in [-0.1, -0.05) is 146 Å². The molecule has 0 atom stereocenters. The summed E-state index contributed by atoms with van der Waals surface area (Å²) in [6.07, 6.45) is 1.87. The molecule has 0 fully saturated rings. The second-order valence-corrected chi connectivity index (χ2v) is 14.3. The highest BCUT2D eigenvalue weighted by Crippen LogP contribution is 2.38. The smallest absolute Gasteiger partial charge is 0.235 e. The van der Waals surface area contributed by atoms with Crippen LogP contribution in [0.2, 0.25) is 0 Å². The van der Waals surface area contributed by atoms with Gasteiger partial charge >= 0.3 is 0 Å². The lowest BCUT2D eigenvalue weighted by atomic mass is 9.98. The van der Waals surface area contributed by atoms with E-state index >= 15 is 0 Å². The van der Waals surface area contributed by atoms with Crippen molar-refractivity contribution in [1.82, 2.24) is 19.1 Å². The van der Waals surface area contributed by atoms with Crippen molar-refractivity contribution in [2.75, 3.05) is 0 Å². The third-order valence-corrected chi connectivity index (χ3v) is 11.0. The van der Waals surface area contributed by atoms with E-state index in [1.54, 1.807) is 0 Å². The van der Waals surface area contributed by atoms with Crippen LogP contribution in [0.15, 0.2) is 206 Å². The van der Waals surface area contributed by atoms with E-state index in [2.05, 4.69) is 203 Å². The first-order valence-electron chi connectivity index (χ1n) is 19.0. The summed E-state index contributed by atoms with van der Waals surface area (Å²) in [5, 5.41) is 4.81. The van der Waals surface area contributed by atoms with E-state index in [4.69, 9.17) is 9.97 Å². The van der Waals surface area contributed by atoms with Gasteiger partial charge in [0.1, 0.15) is 0 Å². The Bertz CT molecular complexity index is 3230. The van der Waals surface area contributed by atoms with Crippen molar-refractivity contribution in [1.29, 1.82) is 0 Å². The number of aromatic nitrogens is 4. The van der Waals surface area contributed by atoms with E-state index in [0.29, 0.717) is 5.95 Å². The molecule has 0 aliphatic heterocycles. The van der Waals surface area contributed by atoms with Gasteiger partial charge in [-0.05, 0) is 88.0 Å². The third kappa shape index (κ3) is 5.31. The third-order valence-electron chi connectivity index (χ3n) is 11.0. The summed E-state index contributed by atoms with van der Waals surface area (Å²) >= 11 is 0. The monoisotopic (exact) mass is 714 g/mol. The Morgan fingerprint density at radius 1 is 0.304 bits per heavy atom. The molecule has 11 aromatic rings. The standard InChI is InChI=1S/C52H34N4/c1-3-12-35(13-4-1)38-14-11-15-39(32-38)36-22-24-37(25-23-36)47-30-31-53-52(54-47)56-49-21-10-7-18-43(49)45-28-26-41(34-51(45)56)40-27-29-50-46(33-40)44-19-8-9-20-48(44)55(50)42-16-5-2-6-17-42/h1-34H. The fourth-order valence-electron chi connectivity index (χ4n) is 8.33. The fourth-order valence-corrected chi connectivity index (χ4v) is 8.33. The molecule has 0 saturated heterocycles. The Balaban J connectivity index is 0.996. The Morgan fingerprint density at radius 3 is 1.59 bits per heavy atom. The van der Waals surface area contributed by atoms with Gasteiger partial charge in [-0.3, -0.25) is 4.57 Å². The van der Waals surface area contributed by atoms with Gasteiger partial charge in [0, 0.05) is 39.0 Å². The van der Waals surface area contributed by atoms with Gasteiger partial charge in [-0.15, -0.1) is 0 Å². The molecule has 8 aromatic carbocycles. The number of para-hydroxylation sites is 3. The number of hydrogen-bond acceptors (Lipinski definition) is 2. The molecular weight excluding hydrogens is 681 g/mol. The van der Waals surface area contributed by atoms with Crippen LogP contribution in [0, 0.1) is 0 Å². The van der Waals surface area contributed by atoms with Gasteiger partial charge < -0.3 is 4.57 Å². The van der Waals surface area contributed by atoms with E-state index in [0.717, 1.165) is 39.1 Å². The fraction of sp³-hybridized carbons (Fsp3) is 0. The molecule has 3 aromatic heterocycles. The molecule has 0 aliphatic rings. The molecule has 0 unspecified atom stereocenters. The first kappa shape index (κ1) is 31.9. The summed E-state index contributed by atoms with van der Waals surface area (Å²) in [6, 6.07) is 71.4. The van der Waals surface area contributed by atoms with E-state index in [9.17, 15) is 0 Å². The van der Waals surface area contributed by atoms with Gasteiger partial charge in [0.15, 0.2) is 0 Å². The number of hydrogen-bond donors (Lipinski definition) is 0. The Labute approximate surface area is 324 Å². The normalized spacial score (nSPS) is 11.6. The molecule has 4 heteroatoms. The van der Waals surface area contributed by atoms with Crippen LogP contribution in [-0.4, -0.2) is 19.1 Å². The molecule has 56 heavy (non-hydrogen) atoms. The SMILES string of the molecule is c1ccc(-c2cccc(-c3ccc(-c4ccnc(-n5c6ccccc6c6ccc(-c7ccc8c(c7)c7ccccc7n8-c7ccccc7)cc65)n4)cc3)c2)cc1. The van der Waals surface area contributed by atoms with Crippen molar-refractivity contribution < 1.29 is 0 Å². The average Bonchev–Trinajstić information content (AvgIpc) is 3.79. The molecule has 3 heterocycles. The summed E-state index contributed by atoms with van der Waals surface area (Å²) in [5.74, 6) is 0.645. The van der Waals surface area contributed by atoms with Gasteiger partial charge in [-0.2, -0.15) is 0 Å². The van der Waals surface area contributed by atoms with Gasteiger partial charge in [0.05, 0.1) is 27.8 Å². The van der Waals surface area contributed by atoms with Crippen molar-refractivity contribution in [3.8, 4) is 56.3 Å². The maximum absolute atomic E-state index is 5.20. The first-order chi connectivity index (χ1) is 27.8. The number of benzene rings is 8. The molecule has 0 bridgehead atoms. The highest BCUT2D eigenvalue weighted by Gasteiger charge is 2.17. The molecule has 11 rings (SSSR count). The zero-order valence-electron chi connectivity index (χ0n) is 30.4. The van der Waals surface area contributed by atoms with Crippen LogP contribution < -0.4 is 0 Å². The van der Waals surface area contributed by atoms with Gasteiger partial charge in [-0.25, -0.2) is 9.97 Å². The highest BCUT2D eigenvalue weighted by atomic mass is 15.2. The highest BCUT2D eigenvalue weighted by molar-refractivity contribution is 6.12. The lowest BCUT2D eigenvalue weighted by Crippen LogP contribution is -2.01. The minimum Gasteiger partial charge on any atom is -0.309 e. The Morgan fingerprint density at radius 2 is 0.821 bits per heavy atom. The van der Waals surface area contributed by atoms with Crippen molar-refractivity contribution in [3.05, 3.63) is 206 Å². The molecule has 0 saturated carbocycles. The van der Waals surface area contributed by atoms with Crippen LogP contribution in [-0.2, 0) is 0 Å². The first-order valence-corrected chi connectivity index (χ1v) is 19.0.